The molecule has 0 fully saturated rings. The fourth-order valence-electron chi connectivity index (χ4n) is 5.18. The minimum Gasteiger partial charge on any atom is -0.257 e. The second-order valence-corrected chi connectivity index (χ2v) is 10.1. The Labute approximate surface area is 230 Å². The highest BCUT2D eigenvalue weighted by Gasteiger charge is 2.43. The molecule has 6 rings (SSSR count). The Bertz CT molecular complexity index is 1640. The number of rotatable bonds is 5. The van der Waals surface area contributed by atoms with Crippen LogP contribution in [-0.2, 0) is 0 Å². The highest BCUT2D eigenvalue weighted by Crippen LogP contribution is 2.46. The van der Waals surface area contributed by atoms with Crippen molar-refractivity contribution in [2.45, 2.75) is 18.9 Å². The molecule has 0 spiro atoms. The van der Waals surface area contributed by atoms with E-state index in [2.05, 4.69) is 87.7 Å². The van der Waals surface area contributed by atoms with Crippen LogP contribution in [0.15, 0.2) is 125 Å². The number of hydrogen-bond acceptors (Lipinski definition) is 4. The van der Waals surface area contributed by atoms with Crippen LogP contribution in [0.1, 0.15) is 40.0 Å². The van der Waals surface area contributed by atoms with Crippen molar-refractivity contribution in [3.8, 4) is 11.8 Å². The zero-order valence-corrected chi connectivity index (χ0v) is 22.3. The van der Waals surface area contributed by atoms with Gasteiger partial charge >= 0.3 is 0 Å². The van der Waals surface area contributed by atoms with E-state index in [9.17, 15) is 5.26 Å². The van der Waals surface area contributed by atoms with Gasteiger partial charge < -0.3 is 0 Å². The summed E-state index contributed by atoms with van der Waals surface area (Å²) in [5, 5.41) is 22.5. The fraction of sp³-hybridized carbons (Fsp3) is 0.0938. The van der Waals surface area contributed by atoms with Gasteiger partial charge in [-0.2, -0.15) is 15.5 Å². The Kier molecular flexibility index (Phi) is 6.36. The van der Waals surface area contributed by atoms with E-state index in [1.165, 1.54) is 0 Å². The van der Waals surface area contributed by atoms with E-state index in [1.807, 2.05) is 66.2 Å². The molecule has 2 atom stereocenters. The van der Waals surface area contributed by atoms with Crippen LogP contribution in [0.2, 0.25) is 0 Å². The van der Waals surface area contributed by atoms with Crippen LogP contribution in [0.3, 0.4) is 0 Å². The molecular weight excluding hydrogens is 534 g/mol. The number of hydrogen-bond donors (Lipinski definition) is 0. The lowest BCUT2D eigenvalue weighted by atomic mass is 9.82. The first kappa shape index (κ1) is 23.9. The fourth-order valence-corrected chi connectivity index (χ4v) is 5.44. The molecule has 0 aliphatic carbocycles. The summed E-state index contributed by atoms with van der Waals surface area (Å²) in [5.74, 6) is -0.145. The van der Waals surface area contributed by atoms with Crippen molar-refractivity contribution in [1.29, 1.82) is 5.26 Å². The van der Waals surface area contributed by atoms with Crippen molar-refractivity contribution in [3.63, 3.8) is 0 Å². The maximum Gasteiger partial charge on any atom is 0.109 e. The lowest BCUT2D eigenvalue weighted by Crippen LogP contribution is -2.25. The van der Waals surface area contributed by atoms with E-state index >= 15 is 0 Å². The third kappa shape index (κ3) is 4.21. The number of benzene rings is 4. The summed E-state index contributed by atoms with van der Waals surface area (Å²) in [7, 11) is 0. The lowest BCUT2D eigenvalue weighted by molar-refractivity contribution is 0.647. The van der Waals surface area contributed by atoms with E-state index in [-0.39, 0.29) is 12.0 Å². The summed E-state index contributed by atoms with van der Waals surface area (Å²) in [6.45, 7) is 1.88. The number of para-hydroxylation sites is 1. The molecule has 6 heteroatoms. The van der Waals surface area contributed by atoms with Crippen LogP contribution in [0.4, 0.5) is 5.69 Å². The molecule has 4 aromatic carbocycles. The minimum atomic E-state index is -0.145. The van der Waals surface area contributed by atoms with Gasteiger partial charge in [-0.3, -0.25) is 5.01 Å². The first-order valence-corrected chi connectivity index (χ1v) is 13.2. The summed E-state index contributed by atoms with van der Waals surface area (Å²) in [5.41, 5.74) is 6.89. The van der Waals surface area contributed by atoms with Gasteiger partial charge in [-0.05, 0) is 54.4 Å². The average Bonchev–Trinajstić information content (AvgIpc) is 3.52. The number of anilines is 1. The monoisotopic (exact) mass is 557 g/mol. The molecule has 1 aromatic heterocycles. The molecule has 0 unspecified atom stereocenters. The third-order valence-corrected chi connectivity index (χ3v) is 7.42. The molecule has 0 saturated heterocycles. The van der Waals surface area contributed by atoms with Gasteiger partial charge in [0, 0.05) is 4.47 Å². The van der Waals surface area contributed by atoms with Gasteiger partial charge in [0.1, 0.15) is 17.3 Å². The van der Waals surface area contributed by atoms with Crippen molar-refractivity contribution >= 4 is 27.3 Å². The van der Waals surface area contributed by atoms with Crippen molar-refractivity contribution < 1.29 is 0 Å². The smallest absolute Gasteiger partial charge is 0.109 e. The van der Waals surface area contributed by atoms with Gasteiger partial charge in [0.05, 0.1) is 34.7 Å². The SMILES string of the molecule is Cc1nn(-c2ccccc2)c(C2=NN(c3ccc(Br)cc3)[C@@H](c3ccccc3)[C@@H]2c2ccccc2)c1C#N. The van der Waals surface area contributed by atoms with Crippen LogP contribution >= 0.6 is 15.9 Å². The standard InChI is InChI=1S/C32H24BrN5/c1-22-28(21-34)32(38(35-22)26-15-9-4-10-16-26)30-29(23-11-5-2-6-12-23)31(24-13-7-3-8-14-24)37(36-30)27-19-17-25(33)18-20-27/h2-20,29,31H,1H3/t29-,31+/m1/s1. The van der Waals surface area contributed by atoms with Crippen LogP contribution in [0.25, 0.3) is 5.69 Å². The quantitative estimate of drug-likeness (QED) is 0.224. The van der Waals surface area contributed by atoms with Crippen LogP contribution < -0.4 is 5.01 Å². The summed E-state index contributed by atoms with van der Waals surface area (Å²) in [6, 6.07) is 41.3. The van der Waals surface area contributed by atoms with Gasteiger partial charge in [0.25, 0.3) is 0 Å². The minimum absolute atomic E-state index is 0.124. The number of nitriles is 1. The Morgan fingerprint density at radius 1 is 0.737 bits per heavy atom. The number of hydrazone groups is 1. The normalized spacial score (nSPS) is 16.8. The van der Waals surface area contributed by atoms with E-state index in [4.69, 9.17) is 10.2 Å². The van der Waals surface area contributed by atoms with E-state index in [1.54, 1.807) is 0 Å². The summed E-state index contributed by atoms with van der Waals surface area (Å²) in [4.78, 5) is 0. The number of aryl methyl sites for hydroxylation is 1. The third-order valence-electron chi connectivity index (χ3n) is 6.90. The molecule has 1 aliphatic rings. The Balaban J connectivity index is 1.65. The van der Waals surface area contributed by atoms with Crippen molar-refractivity contribution in [2.75, 3.05) is 5.01 Å². The highest BCUT2D eigenvalue weighted by molar-refractivity contribution is 9.10. The largest absolute Gasteiger partial charge is 0.257 e. The number of aromatic nitrogens is 2. The molecule has 0 bridgehead atoms. The average molecular weight is 558 g/mol. The zero-order valence-electron chi connectivity index (χ0n) is 20.7. The second kappa shape index (κ2) is 10.1. The van der Waals surface area contributed by atoms with Crippen LogP contribution in [-0.4, -0.2) is 15.5 Å². The van der Waals surface area contributed by atoms with Crippen molar-refractivity contribution in [3.05, 3.63) is 148 Å². The molecule has 184 valence electrons. The number of nitrogens with zero attached hydrogens (tertiary/aromatic N) is 5. The molecule has 38 heavy (non-hydrogen) atoms. The van der Waals surface area contributed by atoms with Gasteiger partial charge in [-0.1, -0.05) is 94.8 Å². The Morgan fingerprint density at radius 3 is 1.92 bits per heavy atom. The maximum atomic E-state index is 10.3. The maximum absolute atomic E-state index is 10.3. The molecular formula is C32H24BrN5. The Morgan fingerprint density at radius 2 is 1.32 bits per heavy atom. The van der Waals surface area contributed by atoms with Crippen molar-refractivity contribution in [2.24, 2.45) is 5.10 Å². The second-order valence-electron chi connectivity index (χ2n) is 9.22. The van der Waals surface area contributed by atoms with Gasteiger partial charge in [0.15, 0.2) is 0 Å². The molecule has 5 aromatic rings. The van der Waals surface area contributed by atoms with Crippen LogP contribution in [0, 0.1) is 18.3 Å². The molecule has 5 nitrogen and oxygen atoms in total. The lowest BCUT2D eigenvalue weighted by Gasteiger charge is -2.29. The first-order valence-electron chi connectivity index (χ1n) is 12.4. The van der Waals surface area contributed by atoms with Crippen LogP contribution in [0.5, 0.6) is 0 Å². The molecule has 1 aliphatic heterocycles. The Hall–Kier alpha value is -4.47. The number of halogens is 1. The molecule has 0 saturated carbocycles. The van der Waals surface area contributed by atoms with Gasteiger partial charge in [0.2, 0.25) is 0 Å². The molecule has 0 amide bonds. The summed E-state index contributed by atoms with van der Waals surface area (Å²) >= 11 is 3.57. The highest BCUT2D eigenvalue weighted by atomic mass is 79.9. The summed E-state index contributed by atoms with van der Waals surface area (Å²) in [6.07, 6.45) is 0. The first-order chi connectivity index (χ1) is 18.7. The molecule has 0 radical (unpaired) electrons. The van der Waals surface area contributed by atoms with Crippen molar-refractivity contribution in [1.82, 2.24) is 9.78 Å². The molecule has 2 heterocycles. The van der Waals surface area contributed by atoms with Gasteiger partial charge in [-0.15, -0.1) is 0 Å². The summed E-state index contributed by atoms with van der Waals surface area (Å²) < 4.78 is 2.88. The van der Waals surface area contributed by atoms with E-state index in [0.29, 0.717) is 11.3 Å². The van der Waals surface area contributed by atoms with E-state index in [0.717, 1.165) is 38.4 Å². The predicted octanol–water partition coefficient (Wildman–Crippen LogP) is 7.56. The zero-order chi connectivity index (χ0) is 26.1. The van der Waals surface area contributed by atoms with E-state index < -0.39 is 0 Å². The predicted molar refractivity (Wildman–Crippen MR) is 155 cm³/mol. The molecule has 0 N–H and O–H groups in total. The van der Waals surface area contributed by atoms with Gasteiger partial charge in [-0.25, -0.2) is 4.68 Å². The topological polar surface area (TPSA) is 57.2 Å².